The molecule has 2 aromatic carbocycles. The zero-order valence-electron chi connectivity index (χ0n) is 9.33. The summed E-state index contributed by atoms with van der Waals surface area (Å²) in [6, 6.07) is 15.6. The van der Waals surface area contributed by atoms with E-state index in [0.717, 1.165) is 21.3 Å². The van der Waals surface area contributed by atoms with Crippen molar-refractivity contribution >= 4 is 27.5 Å². The Morgan fingerprint density at radius 2 is 1.83 bits per heavy atom. The maximum Gasteiger partial charge on any atom is 0.365 e. The molecule has 0 unspecified atom stereocenters. The Bertz CT molecular complexity index is 719. The molecule has 0 saturated carbocycles. The minimum atomic E-state index is -0.977. The molecule has 0 bridgehead atoms. The van der Waals surface area contributed by atoms with Crippen molar-refractivity contribution in [2.24, 2.45) is 0 Å². The van der Waals surface area contributed by atoms with Gasteiger partial charge in [0.1, 0.15) is 0 Å². The molecule has 4 heteroatoms. The summed E-state index contributed by atoms with van der Waals surface area (Å²) < 4.78 is 0.918. The second-order valence-corrected chi connectivity index (χ2v) is 4.84. The number of carbonyl (C=O) groups is 1. The van der Waals surface area contributed by atoms with E-state index in [9.17, 15) is 4.79 Å². The molecule has 1 aromatic heterocycles. The average molecular weight is 255 g/mol. The lowest BCUT2D eigenvalue weighted by molar-refractivity contribution is 0.0696. The molecular weight excluding hydrogens is 246 g/mol. The number of rotatable bonds is 2. The number of aromatic nitrogens is 1. The van der Waals surface area contributed by atoms with Crippen molar-refractivity contribution in [3.63, 3.8) is 0 Å². The Hall–Kier alpha value is -2.20. The van der Waals surface area contributed by atoms with Crippen molar-refractivity contribution in [1.29, 1.82) is 0 Å². The average Bonchev–Trinajstić information content (AvgIpc) is 2.83. The Morgan fingerprint density at radius 3 is 2.56 bits per heavy atom. The molecular formula is C14H9NO2S. The molecule has 3 rings (SSSR count). The van der Waals surface area contributed by atoms with Gasteiger partial charge in [-0.05, 0) is 11.6 Å². The summed E-state index contributed by atoms with van der Waals surface area (Å²) in [6.07, 6.45) is 0. The normalized spacial score (nSPS) is 10.7. The number of fused-ring (bicyclic) bond motifs is 1. The van der Waals surface area contributed by atoms with Crippen LogP contribution >= 0.6 is 11.3 Å². The van der Waals surface area contributed by atoms with Gasteiger partial charge in [-0.15, -0.1) is 11.3 Å². The topological polar surface area (TPSA) is 50.2 Å². The van der Waals surface area contributed by atoms with Crippen molar-refractivity contribution in [3.05, 3.63) is 53.5 Å². The first-order valence-electron chi connectivity index (χ1n) is 5.44. The van der Waals surface area contributed by atoms with E-state index in [4.69, 9.17) is 5.11 Å². The second-order valence-electron chi connectivity index (χ2n) is 3.84. The molecule has 1 N–H and O–H groups in total. The van der Waals surface area contributed by atoms with Gasteiger partial charge in [-0.1, -0.05) is 42.5 Å². The van der Waals surface area contributed by atoms with Crippen LogP contribution in [0.25, 0.3) is 21.3 Å². The first-order valence-corrected chi connectivity index (χ1v) is 6.25. The monoisotopic (exact) mass is 255 g/mol. The predicted molar refractivity (Wildman–Crippen MR) is 72.0 cm³/mol. The molecule has 0 amide bonds. The number of carboxylic acid groups (broad SMARTS) is 1. The maximum absolute atomic E-state index is 11.0. The molecule has 0 spiro atoms. The zero-order valence-corrected chi connectivity index (χ0v) is 10.1. The van der Waals surface area contributed by atoms with Crippen LogP contribution in [-0.4, -0.2) is 16.1 Å². The highest BCUT2D eigenvalue weighted by Gasteiger charge is 2.13. The largest absolute Gasteiger partial charge is 0.476 e. The number of hydrogen-bond acceptors (Lipinski definition) is 3. The van der Waals surface area contributed by atoms with E-state index in [0.29, 0.717) is 0 Å². The van der Waals surface area contributed by atoms with Crippen LogP contribution in [0, 0.1) is 0 Å². The summed E-state index contributed by atoms with van der Waals surface area (Å²) in [4.78, 5) is 15.1. The van der Waals surface area contributed by atoms with E-state index >= 15 is 0 Å². The van der Waals surface area contributed by atoms with Crippen molar-refractivity contribution in [2.45, 2.75) is 0 Å². The molecule has 0 fully saturated rings. The summed E-state index contributed by atoms with van der Waals surface area (Å²) in [5.74, 6) is -0.977. The van der Waals surface area contributed by atoms with Gasteiger partial charge in [0.25, 0.3) is 0 Å². The fourth-order valence-corrected chi connectivity index (χ4v) is 2.82. The van der Waals surface area contributed by atoms with E-state index in [2.05, 4.69) is 4.98 Å². The van der Waals surface area contributed by atoms with Crippen molar-refractivity contribution in [1.82, 2.24) is 4.98 Å². The SMILES string of the molecule is O=C(O)c1nc2cccc(-c3ccccc3)c2s1. The minimum absolute atomic E-state index is 0.133. The molecule has 0 aliphatic rings. The number of aromatic carboxylic acids is 1. The summed E-state index contributed by atoms with van der Waals surface area (Å²) in [5, 5.41) is 9.13. The lowest BCUT2D eigenvalue weighted by Gasteiger charge is -2.01. The van der Waals surface area contributed by atoms with E-state index in [-0.39, 0.29) is 5.01 Å². The molecule has 0 atom stereocenters. The Kier molecular flexibility index (Phi) is 2.57. The van der Waals surface area contributed by atoms with Gasteiger partial charge in [-0.2, -0.15) is 0 Å². The molecule has 88 valence electrons. The van der Waals surface area contributed by atoms with Gasteiger partial charge in [-0.25, -0.2) is 9.78 Å². The molecule has 18 heavy (non-hydrogen) atoms. The van der Waals surface area contributed by atoms with Gasteiger partial charge in [-0.3, -0.25) is 0 Å². The van der Waals surface area contributed by atoms with E-state index in [1.807, 2.05) is 48.5 Å². The van der Waals surface area contributed by atoms with Gasteiger partial charge in [0, 0.05) is 5.56 Å². The Balaban J connectivity index is 2.27. The number of thiazole rings is 1. The number of benzene rings is 2. The van der Waals surface area contributed by atoms with Crippen LogP contribution in [-0.2, 0) is 0 Å². The summed E-state index contributed by atoms with van der Waals surface area (Å²) >= 11 is 1.22. The highest BCUT2D eigenvalue weighted by Crippen LogP contribution is 2.32. The van der Waals surface area contributed by atoms with Gasteiger partial charge >= 0.3 is 5.97 Å². The molecule has 1 heterocycles. The Morgan fingerprint density at radius 1 is 1.06 bits per heavy atom. The second kappa shape index (κ2) is 4.23. The summed E-state index contributed by atoms with van der Waals surface area (Å²) in [5.41, 5.74) is 2.83. The molecule has 0 radical (unpaired) electrons. The van der Waals surface area contributed by atoms with Crippen molar-refractivity contribution < 1.29 is 9.90 Å². The lowest BCUT2D eigenvalue weighted by atomic mass is 10.1. The first-order chi connectivity index (χ1) is 8.75. The third-order valence-corrected chi connectivity index (χ3v) is 3.78. The molecule has 0 saturated heterocycles. The fourth-order valence-electron chi connectivity index (χ4n) is 1.89. The van der Waals surface area contributed by atoms with E-state index in [1.54, 1.807) is 0 Å². The van der Waals surface area contributed by atoms with Crippen LogP contribution in [0.4, 0.5) is 0 Å². The van der Waals surface area contributed by atoms with Crippen LogP contribution < -0.4 is 0 Å². The maximum atomic E-state index is 11.0. The van der Waals surface area contributed by atoms with Gasteiger partial charge in [0.2, 0.25) is 5.01 Å². The molecule has 3 nitrogen and oxygen atoms in total. The number of nitrogens with zero attached hydrogens (tertiary/aromatic N) is 1. The Labute approximate surface area is 107 Å². The van der Waals surface area contributed by atoms with Gasteiger partial charge < -0.3 is 5.11 Å². The standard InChI is InChI=1S/C14H9NO2S/c16-14(17)13-15-11-8-4-7-10(12(11)18-13)9-5-2-1-3-6-9/h1-8H,(H,16,17). The first kappa shape index (κ1) is 10.9. The van der Waals surface area contributed by atoms with Gasteiger partial charge in [0.05, 0.1) is 10.2 Å². The van der Waals surface area contributed by atoms with Crippen molar-refractivity contribution in [2.75, 3.05) is 0 Å². The highest BCUT2D eigenvalue weighted by molar-refractivity contribution is 7.20. The summed E-state index contributed by atoms with van der Waals surface area (Å²) in [7, 11) is 0. The zero-order chi connectivity index (χ0) is 12.5. The van der Waals surface area contributed by atoms with E-state index in [1.165, 1.54) is 11.3 Å². The van der Waals surface area contributed by atoms with Crippen molar-refractivity contribution in [3.8, 4) is 11.1 Å². The van der Waals surface area contributed by atoms with Crippen LogP contribution in [0.5, 0.6) is 0 Å². The smallest absolute Gasteiger partial charge is 0.365 e. The summed E-state index contributed by atoms with van der Waals surface area (Å²) in [6.45, 7) is 0. The van der Waals surface area contributed by atoms with Crippen LogP contribution in [0.2, 0.25) is 0 Å². The minimum Gasteiger partial charge on any atom is -0.476 e. The van der Waals surface area contributed by atoms with Crippen LogP contribution in [0.15, 0.2) is 48.5 Å². The predicted octanol–water partition coefficient (Wildman–Crippen LogP) is 3.66. The molecule has 0 aliphatic heterocycles. The molecule has 3 aromatic rings. The number of hydrogen-bond donors (Lipinski definition) is 1. The van der Waals surface area contributed by atoms with Crippen LogP contribution in [0.3, 0.4) is 0 Å². The quantitative estimate of drug-likeness (QED) is 0.760. The van der Waals surface area contributed by atoms with E-state index < -0.39 is 5.97 Å². The number of carboxylic acids is 1. The lowest BCUT2D eigenvalue weighted by Crippen LogP contribution is -1.93. The van der Waals surface area contributed by atoms with Crippen LogP contribution in [0.1, 0.15) is 9.80 Å². The highest BCUT2D eigenvalue weighted by atomic mass is 32.1. The third-order valence-electron chi connectivity index (χ3n) is 2.68. The van der Waals surface area contributed by atoms with Gasteiger partial charge in [0.15, 0.2) is 0 Å². The molecule has 0 aliphatic carbocycles. The third kappa shape index (κ3) is 1.76. The fraction of sp³-hybridized carbons (Fsp3) is 0.